The van der Waals surface area contributed by atoms with Gasteiger partial charge >= 0.3 is 0 Å². The predicted molar refractivity (Wildman–Crippen MR) is 93.0 cm³/mol. The van der Waals surface area contributed by atoms with Gasteiger partial charge in [-0.25, -0.2) is 0 Å². The number of carbonyl (C=O) groups is 1. The molecule has 0 saturated heterocycles. The summed E-state index contributed by atoms with van der Waals surface area (Å²) in [7, 11) is 0. The Labute approximate surface area is 137 Å². The Balaban J connectivity index is 2.04. The maximum absolute atomic E-state index is 11.8. The molecule has 0 spiro atoms. The average Bonchev–Trinajstić information content (AvgIpc) is 2.80. The standard InChI is InChI=1S/C19H23N3O/c1-4-5-7-12-19(23)20-13-18-15(2)21-22(16(18)3)14-17-10-8-6-9-11-17/h4-12H,13-14H2,1-3H3,(H,20,23)/b5-4+,12-7+. The van der Waals surface area contributed by atoms with Gasteiger partial charge in [-0.15, -0.1) is 0 Å². The van der Waals surface area contributed by atoms with Gasteiger partial charge in [0.15, 0.2) is 0 Å². The number of nitrogens with zero attached hydrogens (tertiary/aromatic N) is 2. The molecule has 0 radical (unpaired) electrons. The molecule has 1 N–H and O–H groups in total. The number of carbonyl (C=O) groups excluding carboxylic acids is 1. The van der Waals surface area contributed by atoms with Crippen LogP contribution >= 0.6 is 0 Å². The molecule has 120 valence electrons. The predicted octanol–water partition coefficient (Wildman–Crippen LogP) is 3.30. The largest absolute Gasteiger partial charge is 0.348 e. The van der Waals surface area contributed by atoms with Crippen molar-refractivity contribution in [2.75, 3.05) is 0 Å². The second kappa shape index (κ2) is 8.13. The van der Waals surface area contributed by atoms with Crippen molar-refractivity contribution in [2.45, 2.75) is 33.9 Å². The fraction of sp³-hybridized carbons (Fsp3) is 0.263. The highest BCUT2D eigenvalue weighted by atomic mass is 16.1. The molecular formula is C19H23N3O. The average molecular weight is 309 g/mol. The normalized spacial score (nSPS) is 11.4. The quantitative estimate of drug-likeness (QED) is 0.657. The van der Waals surface area contributed by atoms with Gasteiger partial charge in [-0.05, 0) is 26.3 Å². The smallest absolute Gasteiger partial charge is 0.244 e. The Morgan fingerprint density at radius 3 is 2.65 bits per heavy atom. The van der Waals surface area contributed by atoms with Crippen LogP contribution in [0.4, 0.5) is 0 Å². The molecule has 0 unspecified atom stereocenters. The lowest BCUT2D eigenvalue weighted by Gasteiger charge is -2.06. The zero-order valence-electron chi connectivity index (χ0n) is 13.9. The van der Waals surface area contributed by atoms with Crippen molar-refractivity contribution in [1.82, 2.24) is 15.1 Å². The molecule has 0 bridgehead atoms. The molecule has 1 amide bonds. The highest BCUT2D eigenvalue weighted by Crippen LogP contribution is 2.14. The van der Waals surface area contributed by atoms with E-state index in [4.69, 9.17) is 0 Å². The Morgan fingerprint density at radius 2 is 1.96 bits per heavy atom. The van der Waals surface area contributed by atoms with Gasteiger partial charge in [-0.1, -0.05) is 48.6 Å². The molecule has 1 aromatic carbocycles. The van der Waals surface area contributed by atoms with E-state index in [2.05, 4.69) is 22.5 Å². The number of nitrogens with one attached hydrogen (secondary N) is 1. The molecule has 0 aliphatic carbocycles. The molecule has 0 aliphatic rings. The minimum atomic E-state index is -0.0993. The maximum atomic E-state index is 11.8. The van der Waals surface area contributed by atoms with Crippen LogP contribution in [0.5, 0.6) is 0 Å². The molecular weight excluding hydrogens is 286 g/mol. The van der Waals surface area contributed by atoms with E-state index in [9.17, 15) is 4.79 Å². The summed E-state index contributed by atoms with van der Waals surface area (Å²) >= 11 is 0. The molecule has 0 aliphatic heterocycles. The Bertz CT molecular complexity index is 712. The molecule has 23 heavy (non-hydrogen) atoms. The summed E-state index contributed by atoms with van der Waals surface area (Å²) < 4.78 is 1.99. The topological polar surface area (TPSA) is 46.9 Å². The fourth-order valence-electron chi connectivity index (χ4n) is 2.39. The van der Waals surface area contributed by atoms with Crippen LogP contribution in [0.2, 0.25) is 0 Å². The first-order chi connectivity index (χ1) is 11.1. The summed E-state index contributed by atoms with van der Waals surface area (Å²) in [5.74, 6) is -0.0993. The van der Waals surface area contributed by atoms with Crippen molar-refractivity contribution in [3.05, 3.63) is 77.2 Å². The zero-order chi connectivity index (χ0) is 16.7. The first kappa shape index (κ1) is 16.7. The van der Waals surface area contributed by atoms with E-state index in [0.29, 0.717) is 6.54 Å². The minimum absolute atomic E-state index is 0.0993. The molecule has 4 nitrogen and oxygen atoms in total. The van der Waals surface area contributed by atoms with Crippen molar-refractivity contribution in [2.24, 2.45) is 0 Å². The molecule has 1 aromatic heterocycles. The highest BCUT2D eigenvalue weighted by Gasteiger charge is 2.12. The van der Waals surface area contributed by atoms with Gasteiger partial charge in [-0.2, -0.15) is 5.10 Å². The van der Waals surface area contributed by atoms with E-state index in [1.54, 1.807) is 6.08 Å². The van der Waals surface area contributed by atoms with Crippen molar-refractivity contribution in [1.29, 1.82) is 0 Å². The van der Waals surface area contributed by atoms with Crippen LogP contribution < -0.4 is 5.32 Å². The Kier molecular flexibility index (Phi) is 5.92. The second-order valence-electron chi connectivity index (χ2n) is 5.40. The van der Waals surface area contributed by atoms with Crippen LogP contribution in [0.3, 0.4) is 0 Å². The van der Waals surface area contributed by atoms with Crippen LogP contribution in [0, 0.1) is 13.8 Å². The molecule has 0 saturated carbocycles. The summed E-state index contributed by atoms with van der Waals surface area (Å²) in [4.78, 5) is 11.8. The van der Waals surface area contributed by atoms with Crippen molar-refractivity contribution >= 4 is 5.91 Å². The number of amides is 1. The maximum Gasteiger partial charge on any atom is 0.244 e. The lowest BCUT2D eigenvalue weighted by atomic mass is 10.2. The third-order valence-electron chi connectivity index (χ3n) is 3.70. The minimum Gasteiger partial charge on any atom is -0.348 e. The monoisotopic (exact) mass is 309 g/mol. The van der Waals surface area contributed by atoms with Gasteiger partial charge in [-0.3, -0.25) is 9.48 Å². The molecule has 0 atom stereocenters. The summed E-state index contributed by atoms with van der Waals surface area (Å²) in [5.41, 5.74) is 4.33. The van der Waals surface area contributed by atoms with Crippen LogP contribution in [0.15, 0.2) is 54.6 Å². The molecule has 2 rings (SSSR count). The van der Waals surface area contributed by atoms with E-state index in [0.717, 1.165) is 23.5 Å². The molecule has 0 fully saturated rings. The zero-order valence-corrected chi connectivity index (χ0v) is 13.9. The van der Waals surface area contributed by atoms with Crippen molar-refractivity contribution in [3.63, 3.8) is 0 Å². The first-order valence-electron chi connectivity index (χ1n) is 7.75. The summed E-state index contributed by atoms with van der Waals surface area (Å²) in [6, 6.07) is 10.2. The van der Waals surface area contributed by atoms with Crippen LogP contribution in [0.25, 0.3) is 0 Å². The van der Waals surface area contributed by atoms with Crippen molar-refractivity contribution in [3.8, 4) is 0 Å². The van der Waals surface area contributed by atoms with Gasteiger partial charge < -0.3 is 5.32 Å². The Hall–Kier alpha value is -2.62. The summed E-state index contributed by atoms with van der Waals surface area (Å²) in [6.45, 7) is 7.16. The SMILES string of the molecule is C/C=C/C=C/C(=O)NCc1c(C)nn(Cc2ccccc2)c1C. The number of hydrogen-bond acceptors (Lipinski definition) is 2. The van der Waals surface area contributed by atoms with Gasteiger partial charge in [0.1, 0.15) is 0 Å². The van der Waals surface area contributed by atoms with Gasteiger partial charge in [0.25, 0.3) is 0 Å². The van der Waals surface area contributed by atoms with Gasteiger partial charge in [0.05, 0.1) is 12.2 Å². The number of rotatable bonds is 6. The number of benzene rings is 1. The van der Waals surface area contributed by atoms with Gasteiger partial charge in [0.2, 0.25) is 5.91 Å². The van der Waals surface area contributed by atoms with Gasteiger partial charge in [0, 0.05) is 23.9 Å². The van der Waals surface area contributed by atoms with E-state index in [1.165, 1.54) is 11.6 Å². The third kappa shape index (κ3) is 4.68. The van der Waals surface area contributed by atoms with Crippen molar-refractivity contribution < 1.29 is 4.79 Å². The van der Waals surface area contributed by atoms with Crippen LogP contribution in [-0.2, 0) is 17.9 Å². The van der Waals surface area contributed by atoms with Crippen LogP contribution in [-0.4, -0.2) is 15.7 Å². The van der Waals surface area contributed by atoms with E-state index < -0.39 is 0 Å². The molecule has 2 aromatic rings. The van der Waals surface area contributed by atoms with Crippen LogP contribution in [0.1, 0.15) is 29.4 Å². The highest BCUT2D eigenvalue weighted by molar-refractivity contribution is 5.87. The molecule has 1 heterocycles. The fourth-order valence-corrected chi connectivity index (χ4v) is 2.39. The lowest BCUT2D eigenvalue weighted by Crippen LogP contribution is -2.21. The Morgan fingerprint density at radius 1 is 1.22 bits per heavy atom. The first-order valence-corrected chi connectivity index (χ1v) is 7.75. The van der Waals surface area contributed by atoms with E-state index in [-0.39, 0.29) is 5.91 Å². The number of aryl methyl sites for hydroxylation is 1. The summed E-state index contributed by atoms with van der Waals surface area (Å²) in [6.07, 6.45) is 6.96. The number of hydrogen-bond donors (Lipinski definition) is 1. The second-order valence-corrected chi connectivity index (χ2v) is 5.40. The summed E-state index contributed by atoms with van der Waals surface area (Å²) in [5, 5.41) is 7.50. The lowest BCUT2D eigenvalue weighted by molar-refractivity contribution is -0.116. The molecule has 4 heteroatoms. The van der Waals surface area contributed by atoms with E-state index in [1.807, 2.05) is 55.8 Å². The van der Waals surface area contributed by atoms with E-state index >= 15 is 0 Å². The third-order valence-corrected chi connectivity index (χ3v) is 3.70. The number of aromatic nitrogens is 2. The number of allylic oxidation sites excluding steroid dienone is 3.